The maximum Gasteiger partial charge on any atom is 0.0274 e. The number of hydrogen-bond acceptors (Lipinski definition) is 0. The fourth-order valence-electron chi connectivity index (χ4n) is 4.10. The summed E-state index contributed by atoms with van der Waals surface area (Å²) in [7, 11) is 0. The lowest BCUT2D eigenvalue weighted by molar-refractivity contribution is 0.863. The van der Waals surface area contributed by atoms with Crippen LogP contribution in [0.3, 0.4) is 0 Å². The van der Waals surface area contributed by atoms with Crippen molar-refractivity contribution >= 4 is 5.57 Å². The van der Waals surface area contributed by atoms with Crippen molar-refractivity contribution in [3.8, 4) is 11.1 Å². The van der Waals surface area contributed by atoms with Gasteiger partial charge < -0.3 is 0 Å². The number of rotatable bonds is 5. The predicted octanol–water partition coefficient (Wildman–Crippen LogP) is 7.01. The van der Waals surface area contributed by atoms with E-state index in [0.717, 1.165) is 0 Å². The SMILES string of the molecule is CCCc1cccc(-c2cccc3c2C(C)=C(C)[C]3C)c1CCC. The zero-order valence-electron chi connectivity index (χ0n) is 15.8. The van der Waals surface area contributed by atoms with Crippen LogP contribution in [0.5, 0.6) is 0 Å². The molecule has 0 unspecified atom stereocenters. The predicted molar refractivity (Wildman–Crippen MR) is 106 cm³/mol. The van der Waals surface area contributed by atoms with Gasteiger partial charge in [0.25, 0.3) is 0 Å². The number of aryl methyl sites for hydroxylation is 1. The fourth-order valence-corrected chi connectivity index (χ4v) is 4.10. The second kappa shape index (κ2) is 6.97. The Kier molecular flexibility index (Phi) is 4.94. The monoisotopic (exact) mass is 317 g/mol. The summed E-state index contributed by atoms with van der Waals surface area (Å²) in [5, 5.41) is 0. The van der Waals surface area contributed by atoms with E-state index in [-0.39, 0.29) is 0 Å². The molecule has 0 N–H and O–H groups in total. The summed E-state index contributed by atoms with van der Waals surface area (Å²) in [6, 6.07) is 13.7. The second-order valence-electron chi connectivity index (χ2n) is 7.05. The van der Waals surface area contributed by atoms with Crippen LogP contribution < -0.4 is 0 Å². The fraction of sp³-hybridized carbons (Fsp3) is 0.375. The highest BCUT2D eigenvalue weighted by molar-refractivity contribution is 5.91. The Morgan fingerprint density at radius 2 is 1.29 bits per heavy atom. The third-order valence-electron chi connectivity index (χ3n) is 5.55. The standard InChI is InChI=1S/C24H29/c1-6-10-19-12-8-14-22(21(19)11-7-2)23-15-9-13-20-17(4)16(3)18(5)24(20)23/h8-9,12-15H,6-7,10-11H2,1-5H3. The quantitative estimate of drug-likeness (QED) is 0.556. The third-order valence-corrected chi connectivity index (χ3v) is 5.55. The van der Waals surface area contributed by atoms with Gasteiger partial charge in [-0.1, -0.05) is 75.6 Å². The van der Waals surface area contributed by atoms with E-state index in [4.69, 9.17) is 0 Å². The minimum Gasteiger partial charge on any atom is -0.0651 e. The van der Waals surface area contributed by atoms with Gasteiger partial charge in [-0.2, -0.15) is 0 Å². The van der Waals surface area contributed by atoms with E-state index < -0.39 is 0 Å². The van der Waals surface area contributed by atoms with Gasteiger partial charge in [0, 0.05) is 5.92 Å². The molecule has 0 bridgehead atoms. The Morgan fingerprint density at radius 3 is 2.00 bits per heavy atom. The highest BCUT2D eigenvalue weighted by Gasteiger charge is 2.26. The Balaban J connectivity index is 2.24. The van der Waals surface area contributed by atoms with Crippen LogP contribution in [0.25, 0.3) is 16.7 Å². The molecule has 2 aromatic rings. The summed E-state index contributed by atoms with van der Waals surface area (Å²) in [5.41, 5.74) is 11.7. The zero-order valence-corrected chi connectivity index (χ0v) is 15.8. The van der Waals surface area contributed by atoms with E-state index in [1.165, 1.54) is 70.6 Å². The van der Waals surface area contributed by atoms with Gasteiger partial charge in [-0.15, -0.1) is 0 Å². The molecule has 0 nitrogen and oxygen atoms in total. The lowest BCUT2D eigenvalue weighted by Gasteiger charge is -2.18. The van der Waals surface area contributed by atoms with Gasteiger partial charge in [0.1, 0.15) is 0 Å². The molecule has 0 aromatic heterocycles. The maximum absolute atomic E-state index is 2.33. The van der Waals surface area contributed by atoms with Gasteiger partial charge in [-0.3, -0.25) is 0 Å². The molecule has 0 amide bonds. The van der Waals surface area contributed by atoms with Crippen LogP contribution in [-0.2, 0) is 12.8 Å². The van der Waals surface area contributed by atoms with Gasteiger partial charge in [0.05, 0.1) is 0 Å². The Bertz CT molecular complexity index is 777. The van der Waals surface area contributed by atoms with Crippen LogP contribution in [0.2, 0.25) is 0 Å². The Hall–Kier alpha value is -1.82. The molecule has 3 rings (SSSR count). The third kappa shape index (κ3) is 2.73. The van der Waals surface area contributed by atoms with Crippen molar-refractivity contribution in [3.63, 3.8) is 0 Å². The first-order chi connectivity index (χ1) is 11.6. The van der Waals surface area contributed by atoms with Crippen molar-refractivity contribution in [1.29, 1.82) is 0 Å². The lowest BCUT2D eigenvalue weighted by Crippen LogP contribution is -2.00. The van der Waals surface area contributed by atoms with Crippen molar-refractivity contribution in [2.24, 2.45) is 0 Å². The normalized spacial score (nSPS) is 14.4. The van der Waals surface area contributed by atoms with E-state index in [9.17, 15) is 0 Å². The summed E-state index contributed by atoms with van der Waals surface area (Å²) < 4.78 is 0. The molecular weight excluding hydrogens is 288 g/mol. The summed E-state index contributed by atoms with van der Waals surface area (Å²) in [6.45, 7) is 11.4. The highest BCUT2D eigenvalue weighted by Crippen LogP contribution is 2.45. The summed E-state index contributed by atoms with van der Waals surface area (Å²) in [6.07, 6.45) is 4.75. The molecular formula is C24H29. The molecule has 2 aromatic carbocycles. The summed E-state index contributed by atoms with van der Waals surface area (Å²) in [5.74, 6) is 1.44. The number of allylic oxidation sites excluding steroid dienone is 2. The van der Waals surface area contributed by atoms with Crippen LogP contribution in [0.1, 0.15) is 69.7 Å². The zero-order chi connectivity index (χ0) is 17.3. The van der Waals surface area contributed by atoms with E-state index in [0.29, 0.717) is 0 Å². The largest absolute Gasteiger partial charge is 0.0651 e. The summed E-state index contributed by atoms with van der Waals surface area (Å²) in [4.78, 5) is 0. The van der Waals surface area contributed by atoms with E-state index >= 15 is 0 Å². The van der Waals surface area contributed by atoms with Crippen molar-refractivity contribution in [2.45, 2.75) is 60.3 Å². The van der Waals surface area contributed by atoms with Crippen molar-refractivity contribution in [1.82, 2.24) is 0 Å². The van der Waals surface area contributed by atoms with Crippen LogP contribution in [0, 0.1) is 5.92 Å². The van der Waals surface area contributed by atoms with Crippen molar-refractivity contribution in [3.05, 3.63) is 70.1 Å². The molecule has 0 atom stereocenters. The number of benzene rings is 2. The van der Waals surface area contributed by atoms with Gasteiger partial charge in [0.2, 0.25) is 0 Å². The molecule has 1 aliphatic rings. The van der Waals surface area contributed by atoms with Crippen LogP contribution in [0.15, 0.2) is 42.0 Å². The molecule has 0 heterocycles. The first kappa shape index (κ1) is 17.0. The van der Waals surface area contributed by atoms with Crippen molar-refractivity contribution in [2.75, 3.05) is 0 Å². The van der Waals surface area contributed by atoms with Gasteiger partial charge >= 0.3 is 0 Å². The first-order valence-electron chi connectivity index (χ1n) is 9.36. The van der Waals surface area contributed by atoms with Crippen LogP contribution in [0.4, 0.5) is 0 Å². The Labute approximate surface area is 147 Å². The van der Waals surface area contributed by atoms with Crippen molar-refractivity contribution < 1.29 is 0 Å². The second-order valence-corrected chi connectivity index (χ2v) is 7.05. The molecule has 125 valence electrons. The van der Waals surface area contributed by atoms with Crippen LogP contribution in [-0.4, -0.2) is 0 Å². The molecule has 0 spiro atoms. The molecule has 1 aliphatic carbocycles. The first-order valence-corrected chi connectivity index (χ1v) is 9.36. The molecule has 0 saturated heterocycles. The minimum atomic E-state index is 1.17. The van der Waals surface area contributed by atoms with Gasteiger partial charge in [0.15, 0.2) is 0 Å². The Morgan fingerprint density at radius 1 is 0.667 bits per heavy atom. The smallest absolute Gasteiger partial charge is 0.0274 e. The maximum atomic E-state index is 2.33. The average molecular weight is 317 g/mol. The number of hydrogen-bond donors (Lipinski definition) is 0. The molecule has 0 heteroatoms. The molecule has 0 saturated carbocycles. The van der Waals surface area contributed by atoms with E-state index in [2.05, 4.69) is 71.0 Å². The van der Waals surface area contributed by atoms with Gasteiger partial charge in [-0.25, -0.2) is 0 Å². The molecule has 24 heavy (non-hydrogen) atoms. The summed E-state index contributed by atoms with van der Waals surface area (Å²) >= 11 is 0. The number of fused-ring (bicyclic) bond motifs is 1. The van der Waals surface area contributed by atoms with E-state index in [1.807, 2.05) is 0 Å². The van der Waals surface area contributed by atoms with Crippen LogP contribution >= 0.6 is 0 Å². The molecule has 1 radical (unpaired) electrons. The average Bonchev–Trinajstić information content (AvgIpc) is 2.81. The minimum absolute atomic E-state index is 1.17. The molecule has 0 fully saturated rings. The topological polar surface area (TPSA) is 0 Å². The lowest BCUT2D eigenvalue weighted by atomic mass is 9.86. The van der Waals surface area contributed by atoms with E-state index in [1.54, 1.807) is 5.56 Å². The van der Waals surface area contributed by atoms with Gasteiger partial charge in [-0.05, 0) is 65.6 Å². The highest BCUT2D eigenvalue weighted by atomic mass is 14.3. The molecule has 0 aliphatic heterocycles.